The van der Waals surface area contributed by atoms with E-state index in [1.165, 1.54) is 5.56 Å². The molecule has 6 rings (SSSR count). The molecular formula is C36H53N3O6. The maximum Gasteiger partial charge on any atom is 0.415 e. The summed E-state index contributed by atoms with van der Waals surface area (Å²) in [5.74, 6) is 2.14. The van der Waals surface area contributed by atoms with Crippen LogP contribution in [0.1, 0.15) is 102 Å². The number of methoxy groups -OCH3 is 1. The van der Waals surface area contributed by atoms with Crippen LogP contribution in [0.5, 0.6) is 11.5 Å². The molecule has 2 aliphatic carbocycles. The molecule has 248 valence electrons. The van der Waals surface area contributed by atoms with Crippen molar-refractivity contribution in [2.75, 3.05) is 33.8 Å². The van der Waals surface area contributed by atoms with Gasteiger partial charge in [0.2, 0.25) is 5.91 Å². The number of unbranched alkanes of at least 4 members (excludes halogenated alkanes) is 2. The van der Waals surface area contributed by atoms with Crippen molar-refractivity contribution in [3.8, 4) is 11.5 Å². The highest BCUT2D eigenvalue weighted by molar-refractivity contribution is 5.78. The van der Waals surface area contributed by atoms with E-state index in [4.69, 9.17) is 14.2 Å². The second kappa shape index (κ2) is 13.1. The van der Waals surface area contributed by atoms with Crippen LogP contribution in [0.25, 0.3) is 0 Å². The molecule has 9 heteroatoms. The molecule has 2 fully saturated rings. The van der Waals surface area contributed by atoms with Crippen LogP contribution in [0, 0.1) is 5.92 Å². The molecule has 2 unspecified atom stereocenters. The van der Waals surface area contributed by atoms with E-state index in [0.717, 1.165) is 82.7 Å². The number of likely N-dealkylation sites (N-methyl/N-ethyl adjacent to an activating group) is 1. The Kier molecular flexibility index (Phi) is 9.40. The Hall–Kier alpha value is -2.78. The summed E-state index contributed by atoms with van der Waals surface area (Å²) in [6, 6.07) is 4.14. The number of likely N-dealkylation sites (tertiary alicyclic amines) is 2. The van der Waals surface area contributed by atoms with Gasteiger partial charge in [-0.25, -0.2) is 4.79 Å². The Morgan fingerprint density at radius 3 is 2.80 bits per heavy atom. The average molecular weight is 624 g/mol. The van der Waals surface area contributed by atoms with Gasteiger partial charge >= 0.3 is 6.09 Å². The van der Waals surface area contributed by atoms with Crippen LogP contribution < -0.4 is 14.8 Å². The normalized spacial score (nSPS) is 30.6. The van der Waals surface area contributed by atoms with Gasteiger partial charge in [-0.1, -0.05) is 32.8 Å². The van der Waals surface area contributed by atoms with E-state index in [1.54, 1.807) is 7.11 Å². The summed E-state index contributed by atoms with van der Waals surface area (Å²) in [6.45, 7) is 6.43. The first-order valence-electron chi connectivity index (χ1n) is 17.5. The molecule has 9 nitrogen and oxygen atoms in total. The van der Waals surface area contributed by atoms with Crippen molar-refractivity contribution in [1.82, 2.24) is 15.1 Å². The van der Waals surface area contributed by atoms with Crippen molar-refractivity contribution in [3.63, 3.8) is 0 Å². The minimum Gasteiger partial charge on any atom is -0.493 e. The number of rotatable bonds is 12. The molecule has 1 aromatic carbocycles. The third kappa shape index (κ3) is 5.41. The number of hydrogen-bond acceptors (Lipinski definition) is 7. The van der Waals surface area contributed by atoms with Gasteiger partial charge in [0.15, 0.2) is 17.6 Å². The van der Waals surface area contributed by atoms with Gasteiger partial charge in [0.25, 0.3) is 0 Å². The molecule has 45 heavy (non-hydrogen) atoms. The van der Waals surface area contributed by atoms with Crippen molar-refractivity contribution in [1.29, 1.82) is 0 Å². The summed E-state index contributed by atoms with van der Waals surface area (Å²) < 4.78 is 18.7. The predicted molar refractivity (Wildman–Crippen MR) is 172 cm³/mol. The van der Waals surface area contributed by atoms with E-state index in [-0.39, 0.29) is 30.0 Å². The maximum absolute atomic E-state index is 13.9. The summed E-state index contributed by atoms with van der Waals surface area (Å²) in [4.78, 5) is 30.6. The summed E-state index contributed by atoms with van der Waals surface area (Å²) in [6.07, 6.45) is 12.6. The minimum absolute atomic E-state index is 0.0434. The predicted octanol–water partition coefficient (Wildman–Crippen LogP) is 5.47. The molecular weight excluding hydrogens is 570 g/mol. The van der Waals surface area contributed by atoms with Crippen LogP contribution >= 0.6 is 0 Å². The number of carbonyl (C=O) groups excluding carboxylic acids is 2. The third-order valence-corrected chi connectivity index (χ3v) is 11.7. The number of carbonyl (C=O) groups is 2. The van der Waals surface area contributed by atoms with Gasteiger partial charge in [-0.3, -0.25) is 4.79 Å². The van der Waals surface area contributed by atoms with Crippen LogP contribution in [0.15, 0.2) is 24.0 Å². The van der Waals surface area contributed by atoms with Gasteiger partial charge in [0.1, 0.15) is 5.76 Å². The highest BCUT2D eigenvalue weighted by Gasteiger charge is 2.72. The molecule has 2 bridgehead atoms. The van der Waals surface area contributed by atoms with Crippen molar-refractivity contribution < 1.29 is 28.9 Å². The standard InChI is InChI=1S/C36H53N3O6/c1-5-7-12-24(6-2)33(40)37-20-10-8-13-26-14-9-11-21-39(26)34(41)44-28-17-18-36(42)29-23-25-15-16-27(43-4)31-30(25)35(36,32(28)45-31)19-22-38(29)3/h15-17,24,26,29,32,42H,5-14,18-23H2,1-4H3,(H,37,40)/t24-,26?,29?,32-,35-,36+/m0/s1. The van der Waals surface area contributed by atoms with Gasteiger partial charge < -0.3 is 34.4 Å². The Morgan fingerprint density at radius 1 is 1.18 bits per heavy atom. The fourth-order valence-corrected chi connectivity index (χ4v) is 9.12. The maximum atomic E-state index is 13.9. The number of aliphatic hydroxyl groups is 1. The third-order valence-electron chi connectivity index (χ3n) is 11.7. The molecule has 6 atom stereocenters. The van der Waals surface area contributed by atoms with E-state index in [2.05, 4.69) is 37.2 Å². The molecule has 0 aromatic heterocycles. The minimum atomic E-state index is -1.03. The summed E-state index contributed by atoms with van der Waals surface area (Å²) >= 11 is 0. The number of piperidine rings is 2. The van der Waals surface area contributed by atoms with Crippen LogP contribution in [0.2, 0.25) is 0 Å². The lowest BCUT2D eigenvalue weighted by atomic mass is 9.50. The number of nitrogens with one attached hydrogen (secondary N) is 1. The zero-order valence-electron chi connectivity index (χ0n) is 27.7. The number of benzene rings is 1. The Labute approximate surface area is 268 Å². The quantitative estimate of drug-likeness (QED) is 0.298. The van der Waals surface area contributed by atoms with Crippen LogP contribution in [0.3, 0.4) is 0 Å². The lowest BCUT2D eigenvalue weighted by molar-refractivity contribution is -0.163. The molecule has 1 aromatic rings. The zero-order chi connectivity index (χ0) is 31.8. The number of ether oxygens (including phenoxy) is 3. The monoisotopic (exact) mass is 623 g/mol. The highest BCUT2D eigenvalue weighted by Crippen LogP contribution is 2.65. The van der Waals surface area contributed by atoms with E-state index in [1.807, 2.05) is 17.0 Å². The summed E-state index contributed by atoms with van der Waals surface area (Å²) in [5, 5.41) is 15.6. The molecule has 0 saturated carbocycles. The first-order valence-corrected chi connectivity index (χ1v) is 17.5. The molecule has 3 aliphatic heterocycles. The first-order chi connectivity index (χ1) is 21.8. The molecule has 5 aliphatic rings. The van der Waals surface area contributed by atoms with E-state index in [9.17, 15) is 14.7 Å². The fourth-order valence-electron chi connectivity index (χ4n) is 9.12. The number of nitrogens with zero attached hydrogens (tertiary/aromatic N) is 2. The summed E-state index contributed by atoms with van der Waals surface area (Å²) in [7, 11) is 3.74. The second-order valence-electron chi connectivity index (χ2n) is 14.0. The Balaban J connectivity index is 1.12. The largest absolute Gasteiger partial charge is 0.493 e. The molecule has 2 N–H and O–H groups in total. The van der Waals surface area contributed by atoms with Crippen molar-refractivity contribution >= 4 is 12.0 Å². The zero-order valence-corrected chi connectivity index (χ0v) is 27.7. The van der Waals surface area contributed by atoms with Gasteiger partial charge in [-0.05, 0) is 95.5 Å². The molecule has 2 saturated heterocycles. The van der Waals surface area contributed by atoms with Crippen LogP contribution in [-0.2, 0) is 21.4 Å². The molecule has 2 amide bonds. The van der Waals surface area contributed by atoms with E-state index < -0.39 is 17.1 Å². The SMILES string of the molecule is CCCC[C@H](CC)C(=O)NCCCCC1CCCCN1C(=O)OC1=CC[C@@]2(O)C3Cc4ccc(OC)c5c4[C@@]2(CCN3C)[C@H]1O5. The van der Waals surface area contributed by atoms with Gasteiger partial charge in [-0.15, -0.1) is 0 Å². The van der Waals surface area contributed by atoms with Crippen molar-refractivity contribution in [2.45, 2.75) is 127 Å². The topological polar surface area (TPSA) is 101 Å². The molecule has 1 spiro atoms. The van der Waals surface area contributed by atoms with Crippen molar-refractivity contribution in [3.05, 3.63) is 35.1 Å². The van der Waals surface area contributed by atoms with Gasteiger partial charge in [-0.2, -0.15) is 0 Å². The van der Waals surface area contributed by atoms with Crippen LogP contribution in [0.4, 0.5) is 4.79 Å². The van der Waals surface area contributed by atoms with Gasteiger partial charge in [0, 0.05) is 43.1 Å². The number of hydrogen-bond donors (Lipinski definition) is 2. The summed E-state index contributed by atoms with van der Waals surface area (Å²) in [5.41, 5.74) is 0.506. The van der Waals surface area contributed by atoms with E-state index in [0.29, 0.717) is 43.2 Å². The Morgan fingerprint density at radius 2 is 2.02 bits per heavy atom. The molecule has 3 heterocycles. The van der Waals surface area contributed by atoms with Crippen LogP contribution in [-0.4, -0.2) is 84.5 Å². The molecule has 0 radical (unpaired) electrons. The van der Waals surface area contributed by atoms with Crippen molar-refractivity contribution in [2.24, 2.45) is 5.92 Å². The Bertz CT molecular complexity index is 1300. The highest BCUT2D eigenvalue weighted by atomic mass is 16.6. The second-order valence-corrected chi connectivity index (χ2v) is 14.0. The average Bonchev–Trinajstić information content (AvgIpc) is 3.40. The smallest absolute Gasteiger partial charge is 0.415 e. The lowest BCUT2D eigenvalue weighted by Gasteiger charge is -2.61. The fraction of sp³-hybridized carbons (Fsp3) is 0.722. The number of amides is 2. The first kappa shape index (κ1) is 32.2. The van der Waals surface area contributed by atoms with Gasteiger partial charge in [0.05, 0.1) is 18.1 Å². The van der Waals surface area contributed by atoms with E-state index >= 15 is 0 Å². The lowest BCUT2D eigenvalue weighted by Crippen LogP contribution is -2.74.